The van der Waals surface area contributed by atoms with E-state index in [1.165, 1.54) is 35.2 Å². The number of halogens is 2. The van der Waals surface area contributed by atoms with Crippen LogP contribution in [0.15, 0.2) is 59.3 Å². The fourth-order valence-electron chi connectivity index (χ4n) is 2.60. The zero-order valence-corrected chi connectivity index (χ0v) is 18.1. The van der Waals surface area contributed by atoms with Crippen molar-refractivity contribution in [2.45, 2.75) is 12.1 Å². The molecule has 4 aromatic rings. The van der Waals surface area contributed by atoms with Crippen molar-refractivity contribution >= 4 is 45.7 Å². The van der Waals surface area contributed by atoms with Gasteiger partial charge in [0, 0.05) is 16.0 Å². The van der Waals surface area contributed by atoms with Crippen molar-refractivity contribution in [1.29, 1.82) is 0 Å². The minimum Gasteiger partial charge on any atom is -0.301 e. The van der Waals surface area contributed by atoms with Crippen LogP contribution in [0, 0.1) is 12.7 Å². The van der Waals surface area contributed by atoms with E-state index in [-0.39, 0.29) is 17.5 Å². The largest absolute Gasteiger partial charge is 0.301 e. The number of benzene rings is 2. The number of carbonyl (C=O) groups is 1. The van der Waals surface area contributed by atoms with Gasteiger partial charge < -0.3 is 5.32 Å². The molecule has 0 atom stereocenters. The van der Waals surface area contributed by atoms with Gasteiger partial charge in [-0.05, 0) is 48.9 Å². The Kier molecular flexibility index (Phi) is 6.12. The Hall–Kier alpha value is -2.75. The molecule has 0 saturated carbocycles. The molecule has 0 spiro atoms. The van der Waals surface area contributed by atoms with Gasteiger partial charge in [-0.15, -0.1) is 21.5 Å². The van der Waals surface area contributed by atoms with Gasteiger partial charge in [0.25, 0.3) is 0 Å². The van der Waals surface area contributed by atoms with E-state index in [9.17, 15) is 9.18 Å². The summed E-state index contributed by atoms with van der Waals surface area (Å²) in [6.45, 7) is 1.93. The molecule has 30 heavy (non-hydrogen) atoms. The molecule has 0 unspecified atom stereocenters. The first-order chi connectivity index (χ1) is 14.5. The van der Waals surface area contributed by atoms with Gasteiger partial charge in [-0.3, -0.25) is 9.36 Å². The third-order valence-electron chi connectivity index (χ3n) is 4.17. The second-order valence-corrected chi connectivity index (χ2v) is 8.51. The average molecular weight is 460 g/mol. The van der Waals surface area contributed by atoms with Crippen LogP contribution in [0.4, 0.5) is 9.52 Å². The molecular weight excluding hydrogens is 445 g/mol. The van der Waals surface area contributed by atoms with Gasteiger partial charge in [0.2, 0.25) is 5.91 Å². The summed E-state index contributed by atoms with van der Waals surface area (Å²) in [4.78, 5) is 16.7. The molecule has 0 bridgehead atoms. The molecule has 4 rings (SSSR count). The monoisotopic (exact) mass is 459 g/mol. The molecule has 1 amide bonds. The van der Waals surface area contributed by atoms with Crippen LogP contribution in [-0.4, -0.2) is 31.4 Å². The molecule has 152 valence electrons. The second kappa shape index (κ2) is 8.95. The number of hydrogen-bond acceptors (Lipinski definition) is 6. The lowest BCUT2D eigenvalue weighted by Crippen LogP contribution is -2.14. The number of rotatable bonds is 6. The third-order valence-corrected chi connectivity index (χ3v) is 6.28. The lowest BCUT2D eigenvalue weighted by molar-refractivity contribution is -0.113. The van der Waals surface area contributed by atoms with Crippen molar-refractivity contribution in [3.63, 3.8) is 0 Å². The van der Waals surface area contributed by atoms with Gasteiger partial charge in [0.15, 0.2) is 10.3 Å². The predicted octanol–water partition coefficient (Wildman–Crippen LogP) is 5.22. The molecule has 0 aliphatic heterocycles. The lowest BCUT2D eigenvalue weighted by atomic mass is 10.2. The number of carbonyl (C=O) groups excluding carboxylic acids is 1. The summed E-state index contributed by atoms with van der Waals surface area (Å²) in [5, 5.41) is 14.3. The quantitative estimate of drug-likeness (QED) is 0.400. The minimum atomic E-state index is -0.305. The number of thioether (sulfide) groups is 1. The Morgan fingerprint density at radius 1 is 1.27 bits per heavy atom. The average Bonchev–Trinajstić information content (AvgIpc) is 3.39. The Morgan fingerprint density at radius 2 is 2.07 bits per heavy atom. The summed E-state index contributed by atoms with van der Waals surface area (Å²) in [5.74, 6) is -0.374. The first-order valence-corrected chi connectivity index (χ1v) is 11.0. The van der Waals surface area contributed by atoms with Crippen LogP contribution >= 0.6 is 34.7 Å². The van der Waals surface area contributed by atoms with E-state index in [4.69, 9.17) is 11.6 Å². The van der Waals surface area contributed by atoms with Crippen LogP contribution < -0.4 is 5.32 Å². The van der Waals surface area contributed by atoms with Crippen LogP contribution in [0.3, 0.4) is 0 Å². The highest BCUT2D eigenvalue weighted by molar-refractivity contribution is 7.99. The summed E-state index contributed by atoms with van der Waals surface area (Å²) in [6.07, 6.45) is 1.58. The van der Waals surface area contributed by atoms with E-state index < -0.39 is 0 Å². The summed E-state index contributed by atoms with van der Waals surface area (Å²) >= 11 is 8.77. The SMILES string of the molecule is Cc1ccc(-n2cnnc2SCC(=O)Nc2nc(-c3ccc(F)cc3)cs2)cc1Cl. The van der Waals surface area contributed by atoms with E-state index in [0.717, 1.165) is 16.8 Å². The van der Waals surface area contributed by atoms with Gasteiger partial charge in [-0.2, -0.15) is 0 Å². The van der Waals surface area contributed by atoms with Crippen molar-refractivity contribution < 1.29 is 9.18 Å². The lowest BCUT2D eigenvalue weighted by Gasteiger charge is -2.07. The van der Waals surface area contributed by atoms with Gasteiger partial charge >= 0.3 is 0 Å². The number of hydrogen-bond donors (Lipinski definition) is 1. The second-order valence-electron chi connectivity index (χ2n) is 6.30. The van der Waals surface area contributed by atoms with E-state index in [0.29, 0.717) is 21.0 Å². The topological polar surface area (TPSA) is 72.7 Å². The Labute approximate surface area is 185 Å². The van der Waals surface area contributed by atoms with Crippen molar-refractivity contribution in [2.24, 2.45) is 0 Å². The summed E-state index contributed by atoms with van der Waals surface area (Å²) < 4.78 is 14.8. The van der Waals surface area contributed by atoms with Gasteiger partial charge in [-0.25, -0.2) is 9.37 Å². The summed E-state index contributed by atoms with van der Waals surface area (Å²) in [7, 11) is 0. The number of amides is 1. The Balaban J connectivity index is 1.39. The van der Waals surface area contributed by atoms with E-state index >= 15 is 0 Å². The molecule has 2 heterocycles. The minimum absolute atomic E-state index is 0.143. The zero-order chi connectivity index (χ0) is 21.1. The number of nitrogens with one attached hydrogen (secondary N) is 1. The van der Waals surface area contributed by atoms with Crippen molar-refractivity contribution in [3.8, 4) is 16.9 Å². The maximum absolute atomic E-state index is 13.1. The fraction of sp³-hybridized carbons (Fsp3) is 0.100. The van der Waals surface area contributed by atoms with Crippen LogP contribution in [0.2, 0.25) is 5.02 Å². The maximum atomic E-state index is 13.1. The third kappa shape index (κ3) is 4.69. The van der Waals surface area contributed by atoms with Crippen molar-refractivity contribution in [1.82, 2.24) is 19.7 Å². The Bertz CT molecular complexity index is 1190. The van der Waals surface area contributed by atoms with Gasteiger partial charge in [-0.1, -0.05) is 29.4 Å². The first kappa shape index (κ1) is 20.5. The van der Waals surface area contributed by atoms with Crippen LogP contribution in [0.25, 0.3) is 16.9 Å². The number of aryl methyl sites for hydroxylation is 1. The summed E-state index contributed by atoms with van der Waals surface area (Å²) in [6, 6.07) is 11.7. The normalized spacial score (nSPS) is 10.9. The molecule has 6 nitrogen and oxygen atoms in total. The van der Waals surface area contributed by atoms with E-state index in [1.807, 2.05) is 30.5 Å². The predicted molar refractivity (Wildman–Crippen MR) is 118 cm³/mol. The van der Waals surface area contributed by atoms with Crippen LogP contribution in [0.1, 0.15) is 5.56 Å². The van der Waals surface area contributed by atoms with E-state index in [1.54, 1.807) is 23.0 Å². The molecule has 2 aromatic heterocycles. The van der Waals surface area contributed by atoms with Crippen molar-refractivity contribution in [3.05, 3.63) is 70.6 Å². The highest BCUT2D eigenvalue weighted by Gasteiger charge is 2.13. The number of aromatic nitrogens is 4. The molecule has 0 fully saturated rings. The summed E-state index contributed by atoms with van der Waals surface area (Å²) in [5.41, 5.74) is 3.26. The molecule has 0 aliphatic rings. The molecule has 2 aromatic carbocycles. The highest BCUT2D eigenvalue weighted by Crippen LogP contribution is 2.26. The molecule has 10 heteroatoms. The highest BCUT2D eigenvalue weighted by atomic mass is 35.5. The first-order valence-electron chi connectivity index (χ1n) is 8.80. The molecule has 0 aliphatic carbocycles. The van der Waals surface area contributed by atoms with Crippen molar-refractivity contribution in [2.75, 3.05) is 11.1 Å². The van der Waals surface area contributed by atoms with Gasteiger partial charge in [0.1, 0.15) is 12.1 Å². The van der Waals surface area contributed by atoms with Crippen LogP contribution in [0.5, 0.6) is 0 Å². The Morgan fingerprint density at radius 3 is 2.83 bits per heavy atom. The molecular formula is C20H15ClFN5OS2. The molecule has 0 radical (unpaired) electrons. The maximum Gasteiger partial charge on any atom is 0.236 e. The molecule has 1 N–H and O–H groups in total. The van der Waals surface area contributed by atoms with Crippen LogP contribution in [-0.2, 0) is 4.79 Å². The molecule has 0 saturated heterocycles. The number of nitrogens with zero attached hydrogens (tertiary/aromatic N) is 4. The van der Waals surface area contributed by atoms with E-state index in [2.05, 4.69) is 20.5 Å². The smallest absolute Gasteiger partial charge is 0.236 e. The standard InChI is InChI=1S/C20H15ClFN5OS2/c1-12-2-7-15(8-16(12)21)27-11-23-26-20(27)30-10-18(28)25-19-24-17(9-29-19)13-3-5-14(22)6-4-13/h2-9,11H,10H2,1H3,(H,24,25,28). The number of thiazole rings is 1. The van der Waals surface area contributed by atoms with Gasteiger partial charge in [0.05, 0.1) is 17.1 Å². The fourth-order valence-corrected chi connectivity index (χ4v) is 4.24. The zero-order valence-electron chi connectivity index (χ0n) is 15.7. The number of anilines is 1.